The molecule has 132 valence electrons. The topological polar surface area (TPSA) is 0 Å². The Bertz CT molecular complexity index is 782. The number of allylic oxidation sites excluding steroid dienone is 1. The van der Waals surface area contributed by atoms with Gasteiger partial charge in [-0.25, -0.2) is 0 Å². The molecule has 2 aromatic rings. The van der Waals surface area contributed by atoms with Crippen LogP contribution in [0.15, 0.2) is 54.0 Å². The minimum atomic E-state index is 0.567. The first-order valence-corrected chi connectivity index (χ1v) is 10.6. The lowest BCUT2D eigenvalue weighted by Gasteiger charge is -2.10. The van der Waals surface area contributed by atoms with Gasteiger partial charge in [0.2, 0.25) is 0 Å². The van der Waals surface area contributed by atoms with Crippen LogP contribution in [0.4, 0.5) is 0 Å². The lowest BCUT2D eigenvalue weighted by atomic mass is 10.00. The highest BCUT2D eigenvalue weighted by Crippen LogP contribution is 2.29. The lowest BCUT2D eigenvalue weighted by Crippen LogP contribution is -1.94. The SMILES string of the molecule is C=C(S/C=C(\C)Cc1cc(C)c(I)cc1C)c1ccc(C(C)C)cc1. The monoisotopic (exact) mass is 462 g/mol. The zero-order valence-corrected chi connectivity index (χ0v) is 18.8. The van der Waals surface area contributed by atoms with Crippen LogP contribution in [-0.4, -0.2) is 0 Å². The lowest BCUT2D eigenvalue weighted by molar-refractivity contribution is 0.866. The molecule has 0 aliphatic heterocycles. The van der Waals surface area contributed by atoms with Crippen molar-refractivity contribution in [2.45, 2.75) is 47.0 Å². The Morgan fingerprint density at radius 3 is 2.36 bits per heavy atom. The van der Waals surface area contributed by atoms with Gasteiger partial charge in [-0.3, -0.25) is 0 Å². The van der Waals surface area contributed by atoms with E-state index in [0.29, 0.717) is 5.92 Å². The van der Waals surface area contributed by atoms with Crippen LogP contribution in [-0.2, 0) is 6.42 Å². The van der Waals surface area contributed by atoms with Gasteiger partial charge >= 0.3 is 0 Å². The van der Waals surface area contributed by atoms with Crippen molar-refractivity contribution >= 4 is 39.3 Å². The van der Waals surface area contributed by atoms with Crippen LogP contribution in [0, 0.1) is 17.4 Å². The summed E-state index contributed by atoms with van der Waals surface area (Å²) in [6.07, 6.45) is 0.996. The van der Waals surface area contributed by atoms with E-state index in [1.807, 2.05) is 0 Å². The van der Waals surface area contributed by atoms with Crippen LogP contribution in [0.25, 0.3) is 4.91 Å². The first-order chi connectivity index (χ1) is 11.8. The quantitative estimate of drug-likeness (QED) is 0.394. The third-order valence-electron chi connectivity index (χ3n) is 4.39. The Morgan fingerprint density at radius 1 is 1.12 bits per heavy atom. The molecular formula is C23H27IS. The molecule has 2 aromatic carbocycles. The second-order valence-corrected chi connectivity index (χ2v) is 9.11. The first-order valence-electron chi connectivity index (χ1n) is 8.65. The van der Waals surface area contributed by atoms with Crippen molar-refractivity contribution in [1.82, 2.24) is 0 Å². The van der Waals surface area contributed by atoms with E-state index < -0.39 is 0 Å². The summed E-state index contributed by atoms with van der Waals surface area (Å²) in [6, 6.07) is 13.4. The zero-order valence-electron chi connectivity index (χ0n) is 15.8. The highest BCUT2D eigenvalue weighted by Gasteiger charge is 2.05. The standard InChI is InChI=1S/C23H27IS/c1-15(2)20-7-9-21(10-8-20)19(6)25-14-16(3)11-22-12-18(5)23(24)13-17(22)4/h7-10,12-15H,6,11H2,1-5H3/b16-14+. The van der Waals surface area contributed by atoms with E-state index in [2.05, 4.69) is 106 Å². The number of rotatable bonds is 6. The third-order valence-corrected chi connectivity index (χ3v) is 6.59. The van der Waals surface area contributed by atoms with Crippen molar-refractivity contribution in [3.63, 3.8) is 0 Å². The Labute approximate surface area is 171 Å². The van der Waals surface area contributed by atoms with E-state index in [4.69, 9.17) is 0 Å². The van der Waals surface area contributed by atoms with Crippen LogP contribution in [0.5, 0.6) is 0 Å². The van der Waals surface area contributed by atoms with Crippen LogP contribution in [0.3, 0.4) is 0 Å². The summed E-state index contributed by atoms with van der Waals surface area (Å²) < 4.78 is 1.34. The van der Waals surface area contributed by atoms with Gasteiger partial charge in [-0.15, -0.1) is 0 Å². The summed E-state index contributed by atoms with van der Waals surface area (Å²) in [5.74, 6) is 0.567. The molecule has 0 heterocycles. The second kappa shape index (κ2) is 9.09. The molecular weight excluding hydrogens is 435 g/mol. The number of hydrogen-bond donors (Lipinski definition) is 0. The molecule has 0 aliphatic carbocycles. The van der Waals surface area contributed by atoms with Crippen LogP contribution < -0.4 is 0 Å². The van der Waals surface area contributed by atoms with Crippen molar-refractivity contribution in [3.8, 4) is 0 Å². The molecule has 0 nitrogen and oxygen atoms in total. The molecule has 0 atom stereocenters. The van der Waals surface area contributed by atoms with Crippen LogP contribution in [0.2, 0.25) is 0 Å². The van der Waals surface area contributed by atoms with Gasteiger partial charge in [-0.2, -0.15) is 0 Å². The average Bonchev–Trinajstić information content (AvgIpc) is 2.57. The van der Waals surface area contributed by atoms with Gasteiger partial charge in [0.05, 0.1) is 0 Å². The molecule has 2 rings (SSSR count). The fourth-order valence-corrected chi connectivity index (χ4v) is 3.99. The van der Waals surface area contributed by atoms with Gasteiger partial charge in [-0.05, 0) is 95.0 Å². The molecule has 0 bridgehead atoms. The van der Waals surface area contributed by atoms with Crippen molar-refractivity contribution in [1.29, 1.82) is 0 Å². The number of hydrogen-bond acceptors (Lipinski definition) is 1. The van der Waals surface area contributed by atoms with Crippen molar-refractivity contribution < 1.29 is 0 Å². The Morgan fingerprint density at radius 2 is 1.76 bits per heavy atom. The molecule has 2 heteroatoms. The molecule has 0 aromatic heterocycles. The minimum absolute atomic E-state index is 0.567. The number of aryl methyl sites for hydroxylation is 2. The molecule has 0 spiro atoms. The van der Waals surface area contributed by atoms with Crippen molar-refractivity contribution in [3.05, 3.63) is 85.3 Å². The van der Waals surface area contributed by atoms with Gasteiger partial charge in [0, 0.05) is 8.48 Å². The van der Waals surface area contributed by atoms with Gasteiger partial charge in [-0.1, -0.05) is 68.1 Å². The first kappa shape index (κ1) is 20.3. The summed E-state index contributed by atoms with van der Waals surface area (Å²) in [5, 5.41) is 2.24. The fourth-order valence-electron chi connectivity index (χ4n) is 2.67. The van der Waals surface area contributed by atoms with E-state index in [1.165, 1.54) is 37.0 Å². The summed E-state index contributed by atoms with van der Waals surface area (Å²) in [7, 11) is 0. The molecule has 25 heavy (non-hydrogen) atoms. The number of benzene rings is 2. The van der Waals surface area contributed by atoms with E-state index in [1.54, 1.807) is 11.8 Å². The Kier molecular flexibility index (Phi) is 7.38. The second-order valence-electron chi connectivity index (χ2n) is 6.99. The average molecular weight is 462 g/mol. The summed E-state index contributed by atoms with van der Waals surface area (Å²) in [4.78, 5) is 1.10. The smallest absolute Gasteiger partial charge is 0.0162 e. The normalized spacial score (nSPS) is 11.9. The third kappa shape index (κ3) is 5.75. The molecule has 0 unspecified atom stereocenters. The van der Waals surface area contributed by atoms with Gasteiger partial charge in [0.15, 0.2) is 0 Å². The molecule has 0 radical (unpaired) electrons. The fraction of sp³-hybridized carbons (Fsp3) is 0.304. The maximum absolute atomic E-state index is 4.24. The predicted octanol–water partition coefficient (Wildman–Crippen LogP) is 7.88. The minimum Gasteiger partial charge on any atom is -0.0981 e. The van der Waals surface area contributed by atoms with E-state index in [0.717, 1.165) is 11.3 Å². The highest BCUT2D eigenvalue weighted by atomic mass is 127. The summed E-state index contributed by atoms with van der Waals surface area (Å²) in [5.41, 5.74) is 8.09. The van der Waals surface area contributed by atoms with Crippen molar-refractivity contribution in [2.75, 3.05) is 0 Å². The molecule has 0 amide bonds. The van der Waals surface area contributed by atoms with Gasteiger partial charge in [0.25, 0.3) is 0 Å². The Hall–Kier alpha value is -1.00. The molecule has 0 aliphatic rings. The van der Waals surface area contributed by atoms with E-state index >= 15 is 0 Å². The largest absolute Gasteiger partial charge is 0.0981 e. The summed E-state index contributed by atoms with van der Waals surface area (Å²) in [6.45, 7) is 15.3. The highest BCUT2D eigenvalue weighted by molar-refractivity contribution is 14.1. The predicted molar refractivity (Wildman–Crippen MR) is 123 cm³/mol. The molecule has 0 saturated carbocycles. The zero-order chi connectivity index (χ0) is 18.6. The van der Waals surface area contributed by atoms with Crippen molar-refractivity contribution in [2.24, 2.45) is 0 Å². The molecule has 0 fully saturated rings. The van der Waals surface area contributed by atoms with E-state index in [-0.39, 0.29) is 0 Å². The van der Waals surface area contributed by atoms with Gasteiger partial charge in [0.1, 0.15) is 0 Å². The van der Waals surface area contributed by atoms with Gasteiger partial charge < -0.3 is 0 Å². The molecule has 0 saturated heterocycles. The van der Waals surface area contributed by atoms with Crippen LogP contribution in [0.1, 0.15) is 54.5 Å². The summed E-state index contributed by atoms with van der Waals surface area (Å²) >= 11 is 4.13. The Balaban J connectivity index is 2.03. The number of thioether (sulfide) groups is 1. The maximum atomic E-state index is 4.24. The van der Waals surface area contributed by atoms with Crippen LogP contribution >= 0.6 is 34.4 Å². The maximum Gasteiger partial charge on any atom is 0.0162 e. The molecule has 0 N–H and O–H groups in total. The number of halogens is 1. The van der Waals surface area contributed by atoms with E-state index in [9.17, 15) is 0 Å².